The summed E-state index contributed by atoms with van der Waals surface area (Å²) in [4.78, 5) is 22.2. The highest BCUT2D eigenvalue weighted by Gasteiger charge is 2.14. The molecule has 18 heavy (non-hydrogen) atoms. The molecule has 0 spiro atoms. The minimum Gasteiger partial charge on any atom is -0.493 e. The van der Waals surface area contributed by atoms with Gasteiger partial charge in [0.25, 0.3) is 0 Å². The van der Waals surface area contributed by atoms with Crippen molar-refractivity contribution in [3.8, 4) is 5.88 Å². The summed E-state index contributed by atoms with van der Waals surface area (Å²) in [5.41, 5.74) is 2.51. The summed E-state index contributed by atoms with van der Waals surface area (Å²) in [6.45, 7) is 0. The Kier molecular flexibility index (Phi) is 2.16. The molecule has 3 rings (SSSR count). The van der Waals surface area contributed by atoms with Gasteiger partial charge in [0, 0.05) is 36.8 Å². The zero-order chi connectivity index (χ0) is 12.7. The highest BCUT2D eigenvalue weighted by molar-refractivity contribution is 6.21. The Hall–Kier alpha value is -2.63. The van der Waals surface area contributed by atoms with E-state index >= 15 is 0 Å². The Balaban J connectivity index is 2.12. The summed E-state index contributed by atoms with van der Waals surface area (Å²) in [6, 6.07) is 1.81. The number of nitrogens with zero attached hydrogens (tertiary/aromatic N) is 3. The van der Waals surface area contributed by atoms with Crippen LogP contribution in [0.3, 0.4) is 0 Å². The molecule has 6 nitrogen and oxygen atoms in total. The van der Waals surface area contributed by atoms with Crippen LogP contribution >= 0.6 is 0 Å². The lowest BCUT2D eigenvalue weighted by atomic mass is 10.1. The lowest BCUT2D eigenvalue weighted by molar-refractivity contribution is 0.428. The van der Waals surface area contributed by atoms with Crippen LogP contribution in [0.2, 0.25) is 0 Å². The van der Waals surface area contributed by atoms with Gasteiger partial charge in [0.15, 0.2) is 0 Å². The van der Waals surface area contributed by atoms with Gasteiger partial charge >= 0.3 is 5.69 Å². The molecule has 0 amide bonds. The van der Waals surface area contributed by atoms with Gasteiger partial charge in [-0.25, -0.2) is 4.79 Å². The fourth-order valence-corrected chi connectivity index (χ4v) is 1.83. The van der Waals surface area contributed by atoms with E-state index in [1.54, 1.807) is 30.8 Å². The van der Waals surface area contributed by atoms with E-state index in [2.05, 4.69) is 15.0 Å². The molecule has 0 bridgehead atoms. The molecule has 6 heteroatoms. The summed E-state index contributed by atoms with van der Waals surface area (Å²) in [5, 5.41) is 9.75. The number of imidazole rings is 1. The highest BCUT2D eigenvalue weighted by atomic mass is 16.3. The van der Waals surface area contributed by atoms with Gasteiger partial charge in [-0.1, -0.05) is 0 Å². The summed E-state index contributed by atoms with van der Waals surface area (Å²) >= 11 is 0. The van der Waals surface area contributed by atoms with Crippen LogP contribution in [0.4, 0.5) is 5.69 Å². The van der Waals surface area contributed by atoms with Crippen molar-refractivity contribution in [3.63, 3.8) is 0 Å². The number of allylic oxidation sites excluding steroid dienone is 1. The summed E-state index contributed by atoms with van der Waals surface area (Å²) in [6.07, 6.45) is 6.72. The Morgan fingerprint density at radius 1 is 1.50 bits per heavy atom. The zero-order valence-electron chi connectivity index (χ0n) is 9.58. The van der Waals surface area contributed by atoms with Crippen molar-refractivity contribution in [2.75, 3.05) is 0 Å². The van der Waals surface area contributed by atoms with Crippen LogP contribution in [0.25, 0.3) is 11.6 Å². The maximum Gasteiger partial charge on any atom is 0.328 e. The summed E-state index contributed by atoms with van der Waals surface area (Å²) < 4.78 is 1.14. The third-order valence-corrected chi connectivity index (χ3v) is 2.86. The maximum atomic E-state index is 11.4. The van der Waals surface area contributed by atoms with E-state index in [1.807, 2.05) is 0 Å². The van der Waals surface area contributed by atoms with Crippen LogP contribution in [0.5, 0.6) is 5.88 Å². The zero-order valence-corrected chi connectivity index (χ0v) is 9.58. The van der Waals surface area contributed by atoms with Crippen LogP contribution < -0.4 is 5.69 Å². The quantitative estimate of drug-likeness (QED) is 0.784. The first kappa shape index (κ1) is 10.5. The molecule has 0 unspecified atom stereocenters. The SMILES string of the molecule is Cn1c(O)c(C=C2C=Nc3ccncc32)[nH]c1=O. The number of aliphatic imine (C=N–C) groups is 1. The second kappa shape index (κ2) is 3.69. The average molecular weight is 242 g/mol. The molecule has 3 heterocycles. The van der Waals surface area contributed by atoms with Crippen molar-refractivity contribution < 1.29 is 5.11 Å². The third-order valence-electron chi connectivity index (χ3n) is 2.86. The van der Waals surface area contributed by atoms with Gasteiger partial charge in [0.05, 0.1) is 5.69 Å². The van der Waals surface area contributed by atoms with E-state index in [1.165, 1.54) is 7.05 Å². The third kappa shape index (κ3) is 1.46. The van der Waals surface area contributed by atoms with Crippen LogP contribution in [0.15, 0.2) is 28.2 Å². The van der Waals surface area contributed by atoms with Crippen LogP contribution in [0.1, 0.15) is 11.3 Å². The first-order valence-electron chi connectivity index (χ1n) is 5.35. The molecule has 0 aliphatic carbocycles. The number of aromatic amines is 1. The van der Waals surface area contributed by atoms with Gasteiger partial charge in [-0.15, -0.1) is 0 Å². The second-order valence-electron chi connectivity index (χ2n) is 3.98. The van der Waals surface area contributed by atoms with Gasteiger partial charge in [-0.05, 0) is 12.1 Å². The number of aromatic hydroxyl groups is 1. The van der Waals surface area contributed by atoms with Crippen molar-refractivity contribution in [2.45, 2.75) is 0 Å². The molecule has 2 N–H and O–H groups in total. The number of aromatic nitrogens is 3. The normalized spacial score (nSPS) is 15.3. The van der Waals surface area contributed by atoms with Gasteiger partial charge < -0.3 is 10.1 Å². The molecular formula is C12H10N4O2. The molecular weight excluding hydrogens is 232 g/mol. The van der Waals surface area contributed by atoms with Crippen molar-refractivity contribution in [1.82, 2.24) is 14.5 Å². The largest absolute Gasteiger partial charge is 0.493 e. The molecule has 90 valence electrons. The van der Waals surface area contributed by atoms with Gasteiger partial charge in [-0.3, -0.25) is 14.5 Å². The van der Waals surface area contributed by atoms with Gasteiger partial charge in [0.2, 0.25) is 5.88 Å². The fourth-order valence-electron chi connectivity index (χ4n) is 1.83. The van der Waals surface area contributed by atoms with E-state index in [9.17, 15) is 9.90 Å². The van der Waals surface area contributed by atoms with E-state index in [4.69, 9.17) is 0 Å². The molecule has 0 saturated carbocycles. The average Bonchev–Trinajstić information content (AvgIpc) is 2.89. The molecule has 0 saturated heterocycles. The minimum atomic E-state index is -0.360. The first-order valence-corrected chi connectivity index (χ1v) is 5.35. The lowest BCUT2D eigenvalue weighted by Gasteiger charge is -1.98. The van der Waals surface area contributed by atoms with Crippen LogP contribution in [-0.4, -0.2) is 25.9 Å². The Bertz CT molecular complexity index is 737. The number of fused-ring (bicyclic) bond motifs is 1. The number of hydrogen-bond acceptors (Lipinski definition) is 4. The Morgan fingerprint density at radius 3 is 3.06 bits per heavy atom. The van der Waals surface area contributed by atoms with Crippen LogP contribution in [0, 0.1) is 0 Å². The van der Waals surface area contributed by atoms with E-state index in [0.717, 1.165) is 21.4 Å². The van der Waals surface area contributed by atoms with E-state index in [0.29, 0.717) is 5.69 Å². The lowest BCUT2D eigenvalue weighted by Crippen LogP contribution is -2.11. The molecule has 0 aromatic carbocycles. The predicted molar refractivity (Wildman–Crippen MR) is 68.0 cm³/mol. The van der Waals surface area contributed by atoms with Crippen molar-refractivity contribution in [2.24, 2.45) is 12.0 Å². The van der Waals surface area contributed by atoms with E-state index < -0.39 is 0 Å². The van der Waals surface area contributed by atoms with Gasteiger partial charge in [-0.2, -0.15) is 0 Å². The number of nitrogens with one attached hydrogen (secondary N) is 1. The molecule has 2 aromatic heterocycles. The fraction of sp³-hybridized carbons (Fsp3) is 0.0833. The number of rotatable bonds is 1. The molecule has 0 fully saturated rings. The standard InChI is InChI=1S/C12H10N4O2/c1-16-11(17)10(15-12(16)18)4-7-5-14-9-2-3-13-6-8(7)9/h2-6,17H,1H3,(H,15,18). The second-order valence-corrected chi connectivity index (χ2v) is 3.98. The highest BCUT2D eigenvalue weighted by Crippen LogP contribution is 2.31. The summed E-state index contributed by atoms with van der Waals surface area (Å²) in [5.74, 6) is -0.0989. The van der Waals surface area contributed by atoms with Crippen molar-refractivity contribution >= 4 is 23.6 Å². The Labute approximate surface area is 102 Å². The predicted octanol–water partition coefficient (Wildman–Crippen LogP) is 1.07. The minimum absolute atomic E-state index is 0.0989. The number of hydrogen-bond donors (Lipinski definition) is 2. The first-order chi connectivity index (χ1) is 8.66. The molecule has 1 aliphatic rings. The molecule has 1 aliphatic heterocycles. The topological polar surface area (TPSA) is 83.3 Å². The smallest absolute Gasteiger partial charge is 0.328 e. The number of H-pyrrole nitrogens is 1. The number of pyridine rings is 1. The van der Waals surface area contributed by atoms with Gasteiger partial charge in [0.1, 0.15) is 5.69 Å². The van der Waals surface area contributed by atoms with Crippen molar-refractivity contribution in [3.05, 3.63) is 40.2 Å². The van der Waals surface area contributed by atoms with Crippen LogP contribution in [-0.2, 0) is 7.05 Å². The molecule has 0 atom stereocenters. The van der Waals surface area contributed by atoms with Crippen molar-refractivity contribution in [1.29, 1.82) is 0 Å². The monoisotopic (exact) mass is 242 g/mol. The molecule has 0 radical (unpaired) electrons. The Morgan fingerprint density at radius 2 is 2.33 bits per heavy atom. The summed E-state index contributed by atoms with van der Waals surface area (Å²) in [7, 11) is 1.49. The maximum absolute atomic E-state index is 11.4. The van der Waals surface area contributed by atoms with E-state index in [-0.39, 0.29) is 11.6 Å². The molecule has 2 aromatic rings.